The van der Waals surface area contributed by atoms with Crippen molar-refractivity contribution in [1.29, 1.82) is 0 Å². The summed E-state index contributed by atoms with van der Waals surface area (Å²) in [4.78, 5) is 13.0. The Hall–Kier alpha value is -0.400. The Morgan fingerprint density at radius 2 is 1.95 bits per heavy atom. The highest BCUT2D eigenvalue weighted by molar-refractivity contribution is 7.13. The topological polar surface area (TPSA) is 58.4 Å². The largest absolute Gasteiger partial charge is 0.324 e. The minimum atomic E-state index is -0.286. The van der Waals surface area contributed by atoms with E-state index < -0.39 is 0 Å². The summed E-state index contributed by atoms with van der Waals surface area (Å²) in [5, 5.41) is 16.5. The van der Waals surface area contributed by atoms with Gasteiger partial charge in [0.05, 0.1) is 4.92 Å². The Morgan fingerprint density at radius 1 is 1.32 bits per heavy atom. The molecule has 0 aromatic carbocycles. The smallest absolute Gasteiger partial charge is 0.314 e. The minimum Gasteiger partial charge on any atom is -0.314 e. The molecular weight excluding hydrogens is 345 g/mol. The fraction of sp³-hybridized carbons (Fsp3) is 0.714. The zero-order valence-corrected chi connectivity index (χ0v) is 15.4. The van der Waals surface area contributed by atoms with Crippen LogP contribution in [0.2, 0.25) is 0 Å². The zero-order chi connectivity index (χ0) is 14.5. The molecule has 1 aromatic rings. The summed E-state index contributed by atoms with van der Waals surface area (Å²) < 4.78 is 0. The Morgan fingerprint density at radius 3 is 2.45 bits per heavy atom. The lowest BCUT2D eigenvalue weighted by molar-refractivity contribution is -0.380. The minimum absolute atomic E-state index is 0. The molecule has 1 N–H and O–H groups in total. The van der Waals surface area contributed by atoms with Crippen LogP contribution in [0.1, 0.15) is 38.3 Å². The third kappa shape index (κ3) is 6.01. The summed E-state index contributed by atoms with van der Waals surface area (Å²) in [5.74, 6) is 0.661. The first-order valence-corrected chi connectivity index (χ1v) is 8.13. The molecule has 0 bridgehead atoms. The predicted octanol–water partition coefficient (Wildman–Crippen LogP) is 3.88. The first kappa shape index (κ1) is 21.6. The number of piperazine rings is 1. The molecule has 1 aliphatic heterocycles. The number of thiophene rings is 1. The average Bonchev–Trinajstić information content (AvgIpc) is 2.90. The number of nitrogens with one attached hydrogen (secondary N) is 1. The van der Waals surface area contributed by atoms with Gasteiger partial charge in [-0.25, -0.2) is 0 Å². The molecule has 128 valence electrons. The predicted molar refractivity (Wildman–Crippen MR) is 96.7 cm³/mol. The van der Waals surface area contributed by atoms with Gasteiger partial charge in [0.25, 0.3) is 0 Å². The second kappa shape index (κ2) is 10.4. The highest BCUT2D eigenvalue weighted by Gasteiger charge is 2.24. The maximum absolute atomic E-state index is 10.9. The number of rotatable bonds is 6. The molecule has 1 atom stereocenters. The van der Waals surface area contributed by atoms with Crippen LogP contribution in [0.15, 0.2) is 11.4 Å². The van der Waals surface area contributed by atoms with E-state index in [0.29, 0.717) is 12.0 Å². The lowest BCUT2D eigenvalue weighted by Crippen LogP contribution is -2.45. The van der Waals surface area contributed by atoms with Crippen LogP contribution in [-0.2, 0) is 0 Å². The van der Waals surface area contributed by atoms with E-state index in [1.165, 1.54) is 11.3 Å². The van der Waals surface area contributed by atoms with Crippen molar-refractivity contribution in [1.82, 2.24) is 10.2 Å². The number of hydrogen-bond acceptors (Lipinski definition) is 5. The third-order valence-electron chi connectivity index (χ3n) is 3.78. The molecule has 0 saturated carbocycles. The standard InChI is InChI=1S/C14H23N3O2S.2ClH/c1-11(2)3-4-13(16-7-5-15-6-8-16)12-9-14(17(18)19)20-10-12;;/h9-11,13,15H,3-8H2,1-2H3;2*1H/t13-;;/m1../s1. The fourth-order valence-corrected chi connectivity index (χ4v) is 3.43. The van der Waals surface area contributed by atoms with E-state index in [1.807, 2.05) is 5.38 Å². The number of nitro groups is 1. The first-order valence-electron chi connectivity index (χ1n) is 7.25. The number of halogens is 2. The fourth-order valence-electron chi connectivity index (χ4n) is 2.65. The van der Waals surface area contributed by atoms with Crippen molar-refractivity contribution >= 4 is 41.2 Å². The quantitative estimate of drug-likeness (QED) is 0.610. The van der Waals surface area contributed by atoms with Crippen molar-refractivity contribution in [3.05, 3.63) is 27.1 Å². The van der Waals surface area contributed by atoms with Gasteiger partial charge in [-0.2, -0.15) is 0 Å². The van der Waals surface area contributed by atoms with E-state index in [9.17, 15) is 10.1 Å². The van der Waals surface area contributed by atoms with E-state index in [2.05, 4.69) is 24.1 Å². The van der Waals surface area contributed by atoms with Gasteiger partial charge in [-0.3, -0.25) is 15.0 Å². The summed E-state index contributed by atoms with van der Waals surface area (Å²) in [5.41, 5.74) is 1.12. The van der Waals surface area contributed by atoms with E-state index in [4.69, 9.17) is 0 Å². The first-order chi connectivity index (χ1) is 9.58. The molecule has 1 fully saturated rings. The van der Waals surface area contributed by atoms with Gasteiger partial charge in [0, 0.05) is 43.7 Å². The zero-order valence-electron chi connectivity index (χ0n) is 13.0. The molecule has 0 spiro atoms. The van der Waals surface area contributed by atoms with Crippen molar-refractivity contribution < 1.29 is 4.92 Å². The SMILES string of the molecule is CC(C)CC[C@H](c1csc([N+](=O)[O-])c1)N1CCNCC1.Cl.Cl. The van der Waals surface area contributed by atoms with Crippen LogP contribution in [0, 0.1) is 16.0 Å². The van der Waals surface area contributed by atoms with Crippen molar-refractivity contribution in [2.75, 3.05) is 26.2 Å². The molecular formula is C14H25Cl2N3O2S. The van der Waals surface area contributed by atoms with Gasteiger partial charge in [0.2, 0.25) is 0 Å². The van der Waals surface area contributed by atoms with E-state index in [-0.39, 0.29) is 34.7 Å². The molecule has 2 heterocycles. The lowest BCUT2D eigenvalue weighted by Gasteiger charge is -2.35. The summed E-state index contributed by atoms with van der Waals surface area (Å²) in [6.45, 7) is 8.50. The molecule has 22 heavy (non-hydrogen) atoms. The molecule has 1 aromatic heterocycles. The third-order valence-corrected chi connectivity index (χ3v) is 4.68. The van der Waals surface area contributed by atoms with Crippen molar-refractivity contribution in [2.24, 2.45) is 5.92 Å². The summed E-state index contributed by atoms with van der Waals surface area (Å²) in [6.07, 6.45) is 2.23. The Balaban J connectivity index is 0.00000220. The lowest BCUT2D eigenvalue weighted by atomic mass is 9.97. The van der Waals surface area contributed by atoms with Crippen LogP contribution >= 0.6 is 36.2 Å². The molecule has 2 rings (SSSR count). The van der Waals surface area contributed by atoms with Crippen LogP contribution in [0.4, 0.5) is 5.00 Å². The van der Waals surface area contributed by atoms with Gasteiger partial charge in [0.15, 0.2) is 0 Å². The summed E-state index contributed by atoms with van der Waals surface area (Å²) >= 11 is 1.24. The van der Waals surface area contributed by atoms with Crippen LogP contribution in [0.5, 0.6) is 0 Å². The molecule has 0 amide bonds. The average molecular weight is 370 g/mol. The van der Waals surface area contributed by atoms with Crippen molar-refractivity contribution in [3.8, 4) is 0 Å². The molecule has 8 heteroatoms. The summed E-state index contributed by atoms with van der Waals surface area (Å²) in [6, 6.07) is 2.09. The van der Waals surface area contributed by atoms with Crippen LogP contribution in [0.3, 0.4) is 0 Å². The number of hydrogen-bond donors (Lipinski definition) is 1. The van der Waals surface area contributed by atoms with Crippen molar-refractivity contribution in [2.45, 2.75) is 32.7 Å². The van der Waals surface area contributed by atoms with Crippen molar-refractivity contribution in [3.63, 3.8) is 0 Å². The number of nitrogens with zero attached hydrogens (tertiary/aromatic N) is 2. The molecule has 0 aliphatic carbocycles. The van der Waals surface area contributed by atoms with Gasteiger partial charge < -0.3 is 5.32 Å². The van der Waals surface area contributed by atoms with E-state index in [1.54, 1.807) is 6.07 Å². The van der Waals surface area contributed by atoms with Crippen LogP contribution < -0.4 is 5.32 Å². The van der Waals surface area contributed by atoms with Gasteiger partial charge in [0.1, 0.15) is 0 Å². The maximum Gasteiger partial charge on any atom is 0.324 e. The van der Waals surface area contributed by atoms with E-state index in [0.717, 1.165) is 44.6 Å². The van der Waals surface area contributed by atoms with Gasteiger partial charge in [-0.05, 0) is 24.3 Å². The highest BCUT2D eigenvalue weighted by Crippen LogP contribution is 2.33. The van der Waals surface area contributed by atoms with Gasteiger partial charge in [-0.15, -0.1) is 24.8 Å². The van der Waals surface area contributed by atoms with Crippen LogP contribution in [-0.4, -0.2) is 36.0 Å². The summed E-state index contributed by atoms with van der Waals surface area (Å²) in [7, 11) is 0. The highest BCUT2D eigenvalue weighted by atomic mass is 35.5. The Kier molecular flexibility index (Phi) is 10.2. The molecule has 1 saturated heterocycles. The van der Waals surface area contributed by atoms with Gasteiger partial charge >= 0.3 is 5.00 Å². The normalized spacial score (nSPS) is 16.7. The molecule has 0 radical (unpaired) electrons. The monoisotopic (exact) mass is 369 g/mol. The molecule has 5 nitrogen and oxygen atoms in total. The maximum atomic E-state index is 10.9. The Labute approximate surface area is 148 Å². The molecule has 0 unspecified atom stereocenters. The second-order valence-electron chi connectivity index (χ2n) is 5.75. The molecule has 1 aliphatic rings. The second-order valence-corrected chi connectivity index (χ2v) is 6.64. The Bertz CT molecular complexity index is 451. The van der Waals surface area contributed by atoms with E-state index >= 15 is 0 Å². The van der Waals surface area contributed by atoms with Crippen LogP contribution in [0.25, 0.3) is 0 Å². The van der Waals surface area contributed by atoms with Gasteiger partial charge in [-0.1, -0.05) is 25.2 Å².